The molecule has 0 radical (unpaired) electrons. The van der Waals surface area contributed by atoms with Gasteiger partial charge in [0.2, 0.25) is 11.5 Å². The van der Waals surface area contributed by atoms with Crippen molar-refractivity contribution in [2.75, 3.05) is 22.7 Å². The summed E-state index contributed by atoms with van der Waals surface area (Å²) in [6, 6.07) is 46.8. The third-order valence-electron chi connectivity index (χ3n) is 11.4. The van der Waals surface area contributed by atoms with Crippen molar-refractivity contribution in [3.63, 3.8) is 0 Å². The van der Waals surface area contributed by atoms with Crippen molar-refractivity contribution in [2.24, 2.45) is 5.16 Å². The van der Waals surface area contributed by atoms with Crippen LogP contribution in [0.2, 0.25) is 0 Å². The fourth-order valence-corrected chi connectivity index (χ4v) is 13.8. The molecule has 2 N–H and O–H groups in total. The summed E-state index contributed by atoms with van der Waals surface area (Å²) in [5, 5.41) is 20.0. The van der Waals surface area contributed by atoms with E-state index >= 15 is 0 Å². The maximum Gasteiger partial charge on any atom is 0.413 e. The Bertz CT molecular complexity index is 2830. The minimum absolute atomic E-state index is 0.0376. The molecule has 14 nitrogen and oxygen atoms in total. The molecule has 362 valence electrons. The molecule has 0 saturated carbocycles. The lowest BCUT2D eigenvalue weighted by molar-refractivity contribution is -0.155. The number of aromatic nitrogens is 3. The number of carbonyl (C=O) groups is 4. The van der Waals surface area contributed by atoms with E-state index in [1.807, 2.05) is 152 Å². The van der Waals surface area contributed by atoms with Gasteiger partial charge >= 0.3 is 12.1 Å². The molecule has 2 aliphatic heterocycles. The summed E-state index contributed by atoms with van der Waals surface area (Å²) in [7, 11) is 0. The molecule has 2 saturated heterocycles. The number of thiazole rings is 1. The Balaban J connectivity index is 1.02. The molecule has 0 spiro atoms. The van der Waals surface area contributed by atoms with Crippen LogP contribution >= 0.6 is 58.0 Å². The predicted octanol–water partition coefficient (Wildman–Crippen LogP) is 10.0. The van der Waals surface area contributed by atoms with E-state index in [1.165, 1.54) is 46.6 Å². The topological polar surface area (TPSA) is 174 Å². The molecule has 71 heavy (non-hydrogen) atoms. The first-order valence-corrected chi connectivity index (χ1v) is 27.2. The molecule has 2 fully saturated rings. The molecule has 3 amide bonds. The highest BCUT2D eigenvalue weighted by molar-refractivity contribution is 8.18. The number of thioether (sulfide) groups is 3. The van der Waals surface area contributed by atoms with Crippen LogP contribution in [-0.4, -0.2) is 88.8 Å². The minimum Gasteiger partial charge on any atom is -0.451 e. The van der Waals surface area contributed by atoms with Gasteiger partial charge in [0.1, 0.15) is 33.0 Å². The zero-order chi connectivity index (χ0) is 49.4. The average Bonchev–Trinajstić information content (AvgIpc) is 4.09. The number of fused-ring (bicyclic) bond motifs is 1. The summed E-state index contributed by atoms with van der Waals surface area (Å²) in [4.78, 5) is 69.9. The number of β-lactam (4-membered cyclic amide) rings is 1. The first-order chi connectivity index (χ1) is 34.4. The number of esters is 1. The van der Waals surface area contributed by atoms with E-state index in [2.05, 4.69) is 31.0 Å². The van der Waals surface area contributed by atoms with Gasteiger partial charge in [-0.1, -0.05) is 180 Å². The van der Waals surface area contributed by atoms with Crippen LogP contribution in [0.25, 0.3) is 0 Å². The van der Waals surface area contributed by atoms with E-state index in [4.69, 9.17) is 14.3 Å². The average molecular weight is 1040 g/mol. The van der Waals surface area contributed by atoms with Crippen molar-refractivity contribution < 1.29 is 33.5 Å². The Hall–Kier alpha value is -6.51. The van der Waals surface area contributed by atoms with Crippen molar-refractivity contribution in [2.45, 2.75) is 58.6 Å². The largest absolute Gasteiger partial charge is 0.451 e. The number of ether oxygens (including phenoxy) is 2. The summed E-state index contributed by atoms with van der Waals surface area (Å²) in [5.41, 5.74) is 3.16. The second kappa shape index (κ2) is 21.9. The number of rotatable bonds is 17. The van der Waals surface area contributed by atoms with Gasteiger partial charge < -0.3 is 24.5 Å². The lowest BCUT2D eigenvalue weighted by Gasteiger charge is -2.53. The number of amides is 3. The van der Waals surface area contributed by atoms with Gasteiger partial charge in [-0.25, -0.2) is 9.78 Å². The van der Waals surface area contributed by atoms with Crippen molar-refractivity contribution in [3.8, 4) is 0 Å². The SMILES string of the molecule is CC(C)(C)OC(=O)Nc1nc(C(=NOC(c2ccccc2)(c2ccccc2)c2ccccc2)C(=O)NC2C(=O)N3CC(SCSc4nncs4)(C(=O)OC(c4ccccc4)c4ccccc4)CS[C@H]23)cs1. The van der Waals surface area contributed by atoms with E-state index in [0.29, 0.717) is 5.08 Å². The number of nitrogens with one attached hydrogen (secondary N) is 2. The van der Waals surface area contributed by atoms with Crippen LogP contribution in [-0.2, 0) is 34.3 Å². The zero-order valence-electron chi connectivity index (χ0n) is 38.6. The standard InChI is InChI=1S/C52H47N7O7S5/c1-50(2,3)65-48(63)56-47-54-39(29-67-47)40(58-66-52(36-23-13-6-14-24-36,37-25-15-7-16-26-37)38-27-17-8-18-28-38)43(60)55-41-44(61)59-30-51(31-68-45(41)59,71-33-70-49-57-53-32-69-49)46(62)64-42(34-19-9-4-10-20-34)35-21-11-5-12-22-35/h4-29,32,41-42,45H,30-31,33H2,1-3H3,(H,55,60)(H,54,56,63)/t41?,45-,51?/m1/s1. The van der Waals surface area contributed by atoms with Crippen molar-refractivity contribution in [1.29, 1.82) is 0 Å². The molecule has 7 aromatic rings. The Kier molecular flexibility index (Phi) is 15.2. The Morgan fingerprint density at radius 3 is 1.92 bits per heavy atom. The maximum absolute atomic E-state index is 14.9. The summed E-state index contributed by atoms with van der Waals surface area (Å²) in [6.45, 7) is 5.28. The summed E-state index contributed by atoms with van der Waals surface area (Å²) >= 11 is 6.71. The third kappa shape index (κ3) is 11.2. The second-order valence-electron chi connectivity index (χ2n) is 17.3. The molecular formula is C52H47N7O7S5. The number of hydrogen-bond acceptors (Lipinski definition) is 16. The number of hydrogen-bond donors (Lipinski definition) is 2. The molecule has 0 aliphatic carbocycles. The zero-order valence-corrected chi connectivity index (χ0v) is 42.7. The number of oxime groups is 1. The van der Waals surface area contributed by atoms with Crippen LogP contribution in [0.1, 0.15) is 60.4 Å². The normalized spacial score (nSPS) is 17.9. The van der Waals surface area contributed by atoms with E-state index in [1.54, 1.807) is 36.6 Å². The fourth-order valence-electron chi connectivity index (χ4n) is 8.07. The highest BCUT2D eigenvalue weighted by atomic mass is 32.2. The van der Waals surface area contributed by atoms with Crippen molar-refractivity contribution in [3.05, 3.63) is 196 Å². The molecule has 2 unspecified atom stereocenters. The maximum atomic E-state index is 14.9. The van der Waals surface area contributed by atoms with Gasteiger partial charge in [0.15, 0.2) is 21.3 Å². The molecular weight excluding hydrogens is 995 g/mol. The molecule has 4 heterocycles. The minimum atomic E-state index is -1.37. The van der Waals surface area contributed by atoms with E-state index in [0.717, 1.165) is 43.5 Å². The van der Waals surface area contributed by atoms with Crippen LogP contribution in [0.3, 0.4) is 0 Å². The van der Waals surface area contributed by atoms with E-state index in [9.17, 15) is 19.2 Å². The monoisotopic (exact) mass is 1040 g/mol. The van der Waals surface area contributed by atoms with Crippen LogP contribution < -0.4 is 10.6 Å². The molecule has 5 aromatic carbocycles. The quantitative estimate of drug-likeness (QED) is 0.0168. The van der Waals surface area contributed by atoms with Gasteiger partial charge in [-0.05, 0) is 31.9 Å². The van der Waals surface area contributed by atoms with E-state index < -0.39 is 51.4 Å². The lowest BCUT2D eigenvalue weighted by atomic mass is 9.80. The molecule has 3 atom stereocenters. The highest BCUT2D eigenvalue weighted by Gasteiger charge is 2.59. The van der Waals surface area contributed by atoms with Gasteiger partial charge in [0.05, 0.1) is 0 Å². The number of nitrogens with zero attached hydrogens (tertiary/aromatic N) is 5. The van der Waals surface area contributed by atoms with Gasteiger partial charge in [-0.15, -0.1) is 45.1 Å². The molecule has 2 aliphatic rings. The number of carbonyl (C=O) groups excluding carboxylic acids is 4. The van der Waals surface area contributed by atoms with Crippen LogP contribution in [0.5, 0.6) is 0 Å². The summed E-state index contributed by atoms with van der Waals surface area (Å²) in [5.74, 6) is -1.32. The van der Waals surface area contributed by atoms with Gasteiger partial charge in [-0.3, -0.25) is 19.7 Å². The van der Waals surface area contributed by atoms with Crippen LogP contribution in [0, 0.1) is 0 Å². The van der Waals surface area contributed by atoms with Crippen LogP contribution in [0.4, 0.5) is 9.93 Å². The predicted molar refractivity (Wildman–Crippen MR) is 280 cm³/mol. The molecule has 2 aromatic heterocycles. The lowest BCUT2D eigenvalue weighted by Crippen LogP contribution is -2.75. The van der Waals surface area contributed by atoms with Crippen molar-refractivity contribution in [1.82, 2.24) is 25.4 Å². The number of benzene rings is 5. The second-order valence-corrected chi connectivity index (χ2v) is 23.0. The first-order valence-electron chi connectivity index (χ1n) is 22.4. The fraction of sp³-hybridized carbons (Fsp3) is 0.231. The van der Waals surface area contributed by atoms with Crippen LogP contribution in [0.15, 0.2) is 172 Å². The van der Waals surface area contributed by atoms with Gasteiger partial charge in [-0.2, -0.15) is 0 Å². The third-order valence-corrected chi connectivity index (χ3v) is 17.2. The molecule has 9 rings (SSSR count). The summed E-state index contributed by atoms with van der Waals surface area (Å²) < 4.78 is 11.5. The molecule has 19 heteroatoms. The van der Waals surface area contributed by atoms with Crippen molar-refractivity contribution >= 4 is 92.7 Å². The smallest absolute Gasteiger partial charge is 0.413 e. The summed E-state index contributed by atoms with van der Waals surface area (Å²) in [6.07, 6.45) is -1.43. The van der Waals surface area contributed by atoms with Gasteiger partial charge in [0, 0.05) is 39.5 Å². The highest BCUT2D eigenvalue weighted by Crippen LogP contribution is 2.47. The molecule has 0 bridgehead atoms. The van der Waals surface area contributed by atoms with Gasteiger partial charge in [0.25, 0.3) is 5.91 Å². The Morgan fingerprint density at radius 1 is 0.817 bits per heavy atom. The first kappa shape index (κ1) is 49.5. The Morgan fingerprint density at radius 2 is 1.38 bits per heavy atom. The Labute approximate surface area is 431 Å². The number of anilines is 1. The van der Waals surface area contributed by atoms with E-state index in [-0.39, 0.29) is 34.7 Å².